The molecule has 0 amide bonds. The third kappa shape index (κ3) is 3.93. The van der Waals surface area contributed by atoms with Crippen molar-refractivity contribution in [3.8, 4) is 5.75 Å². The van der Waals surface area contributed by atoms with Gasteiger partial charge in [0.15, 0.2) is 0 Å². The molecule has 0 bridgehead atoms. The maximum atomic E-state index is 10.8. The summed E-state index contributed by atoms with van der Waals surface area (Å²) in [6, 6.07) is 9.38. The van der Waals surface area contributed by atoms with E-state index in [4.69, 9.17) is 16.3 Å². The molecule has 2 aromatic rings. The molecule has 1 fully saturated rings. The Labute approximate surface area is 150 Å². The van der Waals surface area contributed by atoms with Crippen LogP contribution < -0.4 is 15.0 Å². The van der Waals surface area contributed by atoms with Crippen LogP contribution in [0.2, 0.25) is 5.02 Å². The van der Waals surface area contributed by atoms with Crippen molar-refractivity contribution in [3.63, 3.8) is 0 Å². The standard InChI is InChI=1S/C17H19ClN4O3/c1-25-16-7-3-2-6-15(16)21-8-4-5-12(11-21)20-17-14(18)9-13(10-19-17)22(23)24/h2-3,6-7,9-10,12H,4-5,8,11H2,1H3,(H,19,20). The molecule has 3 rings (SSSR count). The second kappa shape index (κ2) is 7.57. The lowest BCUT2D eigenvalue weighted by molar-refractivity contribution is -0.385. The monoisotopic (exact) mass is 362 g/mol. The van der Waals surface area contributed by atoms with E-state index in [-0.39, 0.29) is 16.8 Å². The van der Waals surface area contributed by atoms with Crippen molar-refractivity contribution < 1.29 is 9.66 Å². The summed E-state index contributed by atoms with van der Waals surface area (Å²) in [4.78, 5) is 16.6. The molecular formula is C17H19ClN4O3. The zero-order valence-corrected chi connectivity index (χ0v) is 14.6. The van der Waals surface area contributed by atoms with Crippen molar-refractivity contribution in [2.75, 3.05) is 30.4 Å². The van der Waals surface area contributed by atoms with E-state index >= 15 is 0 Å². The summed E-state index contributed by atoms with van der Waals surface area (Å²) in [5.74, 6) is 1.31. The summed E-state index contributed by atoms with van der Waals surface area (Å²) < 4.78 is 5.45. The largest absolute Gasteiger partial charge is 0.495 e. The first kappa shape index (κ1) is 17.3. The maximum Gasteiger partial charge on any atom is 0.289 e. The summed E-state index contributed by atoms with van der Waals surface area (Å²) >= 11 is 6.13. The fraction of sp³-hybridized carbons (Fsp3) is 0.353. The van der Waals surface area contributed by atoms with Gasteiger partial charge in [-0.3, -0.25) is 10.1 Å². The topological polar surface area (TPSA) is 80.5 Å². The summed E-state index contributed by atoms with van der Waals surface area (Å²) in [5, 5.41) is 14.3. The molecule has 0 aliphatic carbocycles. The van der Waals surface area contributed by atoms with Gasteiger partial charge >= 0.3 is 0 Å². The molecule has 7 nitrogen and oxygen atoms in total. The van der Waals surface area contributed by atoms with Crippen LogP contribution in [0.4, 0.5) is 17.2 Å². The lowest BCUT2D eigenvalue weighted by atomic mass is 10.0. The quantitative estimate of drug-likeness (QED) is 0.644. The molecule has 1 aliphatic rings. The molecule has 0 saturated carbocycles. The number of aromatic nitrogens is 1. The van der Waals surface area contributed by atoms with Gasteiger partial charge in [-0.2, -0.15) is 0 Å². The van der Waals surface area contributed by atoms with E-state index in [0.29, 0.717) is 5.82 Å². The lowest BCUT2D eigenvalue weighted by Gasteiger charge is -2.35. The molecule has 132 valence electrons. The third-order valence-electron chi connectivity index (χ3n) is 4.23. The number of hydrogen-bond donors (Lipinski definition) is 1. The Morgan fingerprint density at radius 1 is 1.44 bits per heavy atom. The smallest absolute Gasteiger partial charge is 0.289 e. The minimum absolute atomic E-state index is 0.116. The molecule has 1 aromatic carbocycles. The Balaban J connectivity index is 1.73. The van der Waals surface area contributed by atoms with Gasteiger partial charge in [0.2, 0.25) is 0 Å². The van der Waals surface area contributed by atoms with Gasteiger partial charge < -0.3 is 15.0 Å². The minimum atomic E-state index is -0.507. The van der Waals surface area contributed by atoms with E-state index < -0.39 is 4.92 Å². The molecule has 25 heavy (non-hydrogen) atoms. The van der Waals surface area contributed by atoms with Gasteiger partial charge in [-0.1, -0.05) is 23.7 Å². The van der Waals surface area contributed by atoms with Crippen molar-refractivity contribution in [2.24, 2.45) is 0 Å². The number of ether oxygens (including phenoxy) is 1. The highest BCUT2D eigenvalue weighted by atomic mass is 35.5. The van der Waals surface area contributed by atoms with Crippen LogP contribution in [0.15, 0.2) is 36.5 Å². The summed E-state index contributed by atoms with van der Waals surface area (Å²) in [5.41, 5.74) is 0.939. The van der Waals surface area contributed by atoms with Gasteiger partial charge in [-0.15, -0.1) is 0 Å². The van der Waals surface area contributed by atoms with Crippen LogP contribution in [0.5, 0.6) is 5.75 Å². The first-order valence-electron chi connectivity index (χ1n) is 8.03. The number of para-hydroxylation sites is 2. The van der Waals surface area contributed by atoms with Crippen LogP contribution in [0.3, 0.4) is 0 Å². The molecule has 1 atom stereocenters. The molecule has 0 spiro atoms. The Morgan fingerprint density at radius 2 is 2.24 bits per heavy atom. The third-order valence-corrected chi connectivity index (χ3v) is 4.51. The van der Waals surface area contributed by atoms with Gasteiger partial charge in [0.05, 0.1) is 22.7 Å². The predicted octanol–water partition coefficient (Wildman–Crippen LogP) is 3.73. The predicted molar refractivity (Wildman–Crippen MR) is 97.8 cm³/mol. The van der Waals surface area contributed by atoms with Crippen LogP contribution in [0.1, 0.15) is 12.8 Å². The van der Waals surface area contributed by atoms with Crippen LogP contribution in [-0.4, -0.2) is 36.1 Å². The van der Waals surface area contributed by atoms with Gasteiger partial charge in [-0.25, -0.2) is 4.98 Å². The second-order valence-electron chi connectivity index (χ2n) is 5.88. The van der Waals surface area contributed by atoms with Crippen LogP contribution in [-0.2, 0) is 0 Å². The second-order valence-corrected chi connectivity index (χ2v) is 6.29. The molecule has 1 N–H and O–H groups in total. The highest BCUT2D eigenvalue weighted by molar-refractivity contribution is 6.33. The number of benzene rings is 1. The molecule has 8 heteroatoms. The fourth-order valence-electron chi connectivity index (χ4n) is 3.03. The van der Waals surface area contributed by atoms with Crippen molar-refractivity contribution in [1.82, 2.24) is 4.98 Å². The Morgan fingerprint density at radius 3 is 2.96 bits per heavy atom. The average molecular weight is 363 g/mol. The van der Waals surface area contributed by atoms with Gasteiger partial charge in [0.1, 0.15) is 17.8 Å². The molecule has 1 aliphatic heterocycles. The molecule has 2 heterocycles. The van der Waals surface area contributed by atoms with E-state index in [9.17, 15) is 10.1 Å². The van der Waals surface area contributed by atoms with Crippen molar-refractivity contribution in [2.45, 2.75) is 18.9 Å². The van der Waals surface area contributed by atoms with E-state index in [2.05, 4.69) is 15.2 Å². The molecule has 1 aromatic heterocycles. The lowest BCUT2D eigenvalue weighted by Crippen LogP contribution is -2.42. The zero-order valence-electron chi connectivity index (χ0n) is 13.8. The van der Waals surface area contributed by atoms with Crippen molar-refractivity contribution in [1.29, 1.82) is 0 Å². The first-order valence-corrected chi connectivity index (χ1v) is 8.40. The van der Waals surface area contributed by atoms with Gasteiger partial charge in [-0.05, 0) is 25.0 Å². The average Bonchev–Trinajstić information content (AvgIpc) is 2.63. The highest BCUT2D eigenvalue weighted by Gasteiger charge is 2.23. The van der Waals surface area contributed by atoms with Crippen LogP contribution in [0, 0.1) is 10.1 Å². The van der Waals surface area contributed by atoms with Gasteiger partial charge in [0, 0.05) is 25.2 Å². The molecule has 1 unspecified atom stereocenters. The van der Waals surface area contributed by atoms with E-state index in [1.807, 2.05) is 24.3 Å². The van der Waals surface area contributed by atoms with Crippen molar-refractivity contribution in [3.05, 3.63) is 51.7 Å². The van der Waals surface area contributed by atoms with E-state index in [1.54, 1.807) is 7.11 Å². The maximum absolute atomic E-state index is 10.8. The minimum Gasteiger partial charge on any atom is -0.495 e. The molecule has 0 radical (unpaired) electrons. The number of anilines is 2. The number of nitrogens with one attached hydrogen (secondary N) is 1. The first-order chi connectivity index (χ1) is 12.1. The normalized spacial score (nSPS) is 17.2. The van der Waals surface area contributed by atoms with Crippen LogP contribution in [0.25, 0.3) is 0 Å². The number of rotatable bonds is 5. The van der Waals surface area contributed by atoms with E-state index in [0.717, 1.165) is 37.4 Å². The van der Waals surface area contributed by atoms with Crippen molar-refractivity contribution >= 4 is 28.8 Å². The summed E-state index contributed by atoms with van der Waals surface area (Å²) in [6.45, 7) is 1.72. The van der Waals surface area contributed by atoms with Gasteiger partial charge in [0.25, 0.3) is 5.69 Å². The van der Waals surface area contributed by atoms with E-state index in [1.165, 1.54) is 12.3 Å². The number of nitro groups is 1. The zero-order chi connectivity index (χ0) is 17.8. The number of nitrogens with zero attached hydrogens (tertiary/aromatic N) is 3. The summed E-state index contributed by atoms with van der Waals surface area (Å²) in [7, 11) is 1.67. The highest BCUT2D eigenvalue weighted by Crippen LogP contribution is 2.31. The number of hydrogen-bond acceptors (Lipinski definition) is 6. The number of methoxy groups -OCH3 is 1. The fourth-order valence-corrected chi connectivity index (χ4v) is 3.25. The Bertz CT molecular complexity index is 771. The molecular weight excluding hydrogens is 344 g/mol. The molecule has 1 saturated heterocycles. The summed E-state index contributed by atoms with van der Waals surface area (Å²) in [6.07, 6.45) is 3.20. The Hall–Kier alpha value is -2.54. The number of piperidine rings is 1. The number of pyridine rings is 1. The number of halogens is 1. The SMILES string of the molecule is COc1ccccc1N1CCCC(Nc2ncc([N+](=O)[O-])cc2Cl)C1. The Kier molecular flexibility index (Phi) is 5.23. The van der Waals surface area contributed by atoms with Crippen LogP contribution >= 0.6 is 11.6 Å².